The van der Waals surface area contributed by atoms with E-state index >= 15 is 0 Å². The molecule has 0 aliphatic carbocycles. The first-order valence-electron chi connectivity index (χ1n) is 17.5. The van der Waals surface area contributed by atoms with Gasteiger partial charge < -0.3 is 14.5 Å². The molecule has 0 bridgehead atoms. The van der Waals surface area contributed by atoms with E-state index in [4.69, 9.17) is 0 Å². The van der Waals surface area contributed by atoms with Crippen molar-refractivity contribution in [2.24, 2.45) is 0 Å². The van der Waals surface area contributed by atoms with Gasteiger partial charge in [-0.25, -0.2) is 0 Å². The number of fused-ring (bicyclic) bond motifs is 12. The highest BCUT2D eigenvalue weighted by atomic mass is 15.0. The maximum atomic E-state index is 3.78. The molecule has 238 valence electrons. The zero-order valence-electron chi connectivity index (χ0n) is 27.7. The van der Waals surface area contributed by atoms with E-state index < -0.39 is 0 Å². The van der Waals surface area contributed by atoms with Crippen molar-refractivity contribution in [3.63, 3.8) is 0 Å². The normalized spacial score (nSPS) is 11.9. The summed E-state index contributed by atoms with van der Waals surface area (Å²) in [7, 11) is 0. The van der Waals surface area contributed by atoms with Gasteiger partial charge in [-0.2, -0.15) is 0 Å². The number of aromatic nitrogens is 2. The minimum atomic E-state index is 1.05. The Labute approximate surface area is 294 Å². The van der Waals surface area contributed by atoms with Gasteiger partial charge in [0.15, 0.2) is 0 Å². The molecule has 0 aliphatic heterocycles. The van der Waals surface area contributed by atoms with E-state index in [1.807, 2.05) is 0 Å². The molecule has 0 fully saturated rings. The average molecular weight is 650 g/mol. The highest BCUT2D eigenvalue weighted by Gasteiger charge is 2.16. The zero-order valence-corrected chi connectivity index (χ0v) is 27.7. The molecule has 0 saturated heterocycles. The highest BCUT2D eigenvalue weighted by Crippen LogP contribution is 2.40. The van der Waals surface area contributed by atoms with E-state index in [1.54, 1.807) is 0 Å². The predicted octanol–water partition coefficient (Wildman–Crippen LogP) is 13.1. The Morgan fingerprint density at radius 3 is 1.39 bits per heavy atom. The van der Waals surface area contributed by atoms with Crippen LogP contribution in [0.3, 0.4) is 0 Å². The minimum Gasteiger partial charge on any atom is -0.355 e. The van der Waals surface area contributed by atoms with E-state index in [0.717, 1.165) is 22.7 Å². The molecule has 0 unspecified atom stereocenters. The third kappa shape index (κ3) is 4.19. The van der Waals surface area contributed by atoms with Crippen LogP contribution >= 0.6 is 0 Å². The molecule has 0 saturated carbocycles. The third-order valence-corrected chi connectivity index (χ3v) is 10.6. The molecule has 0 amide bonds. The molecule has 2 aromatic heterocycles. The van der Waals surface area contributed by atoms with Crippen LogP contribution in [0.2, 0.25) is 0 Å². The lowest BCUT2D eigenvalue weighted by Gasteiger charge is -2.14. The van der Waals surface area contributed by atoms with Crippen LogP contribution in [0.15, 0.2) is 182 Å². The van der Waals surface area contributed by atoms with Crippen molar-refractivity contribution in [3.8, 4) is 11.4 Å². The van der Waals surface area contributed by atoms with Gasteiger partial charge in [0.25, 0.3) is 0 Å². The van der Waals surface area contributed by atoms with Gasteiger partial charge in [0.05, 0.1) is 22.1 Å². The van der Waals surface area contributed by atoms with Gasteiger partial charge in [-0.15, -0.1) is 0 Å². The van der Waals surface area contributed by atoms with Gasteiger partial charge in [0, 0.05) is 44.3 Å². The Balaban J connectivity index is 1.08. The molecule has 0 atom stereocenters. The second-order valence-corrected chi connectivity index (χ2v) is 13.5. The summed E-state index contributed by atoms with van der Waals surface area (Å²) in [5.74, 6) is 0. The summed E-state index contributed by atoms with van der Waals surface area (Å²) in [6, 6.07) is 66.1. The first-order chi connectivity index (χ1) is 25.3. The largest absolute Gasteiger partial charge is 0.355 e. The SMILES string of the molecule is c1ccc(-n2c3ccccc3c3cc(Nc4ccc5c6ccccc6n(-c6ccc7c8ccccc8c8ccccc8c7c6)c5c4)ccc32)cc1. The molecule has 0 aliphatic rings. The van der Waals surface area contributed by atoms with Gasteiger partial charge >= 0.3 is 0 Å². The molecule has 0 spiro atoms. The van der Waals surface area contributed by atoms with E-state index in [-0.39, 0.29) is 0 Å². The fourth-order valence-electron chi connectivity index (χ4n) is 8.43. The highest BCUT2D eigenvalue weighted by molar-refractivity contribution is 6.25. The molecule has 51 heavy (non-hydrogen) atoms. The Hall–Kier alpha value is -6.84. The minimum absolute atomic E-state index is 1.05. The summed E-state index contributed by atoms with van der Waals surface area (Å²) < 4.78 is 4.78. The molecule has 1 N–H and O–H groups in total. The lowest BCUT2D eigenvalue weighted by atomic mass is 9.94. The maximum Gasteiger partial charge on any atom is 0.0561 e. The number of benzene rings is 9. The molecule has 3 nitrogen and oxygen atoms in total. The summed E-state index contributed by atoms with van der Waals surface area (Å²) in [6.07, 6.45) is 0. The molecule has 0 radical (unpaired) electrons. The number of rotatable bonds is 4. The van der Waals surface area contributed by atoms with Gasteiger partial charge in [0.1, 0.15) is 0 Å². The summed E-state index contributed by atoms with van der Waals surface area (Å²) in [5.41, 5.74) is 9.20. The van der Waals surface area contributed by atoms with Crippen molar-refractivity contribution in [3.05, 3.63) is 182 Å². The zero-order chi connectivity index (χ0) is 33.5. The van der Waals surface area contributed by atoms with Crippen molar-refractivity contribution >= 4 is 87.3 Å². The van der Waals surface area contributed by atoms with E-state index in [1.165, 1.54) is 75.9 Å². The van der Waals surface area contributed by atoms with Crippen molar-refractivity contribution in [1.29, 1.82) is 0 Å². The number of para-hydroxylation sites is 3. The van der Waals surface area contributed by atoms with Crippen LogP contribution in [0.25, 0.3) is 87.3 Å². The Kier molecular flexibility index (Phi) is 5.96. The smallest absolute Gasteiger partial charge is 0.0561 e. The first kappa shape index (κ1) is 28.0. The van der Waals surface area contributed by atoms with Gasteiger partial charge in [-0.05, 0) is 99.0 Å². The van der Waals surface area contributed by atoms with Crippen LogP contribution in [0.4, 0.5) is 11.4 Å². The molecule has 11 rings (SSSR count). The summed E-state index contributed by atoms with van der Waals surface area (Å²) in [5, 5.41) is 16.4. The van der Waals surface area contributed by atoms with E-state index in [2.05, 4.69) is 196 Å². The number of hydrogen-bond donors (Lipinski definition) is 1. The summed E-state index contributed by atoms with van der Waals surface area (Å²) in [4.78, 5) is 0. The monoisotopic (exact) mass is 649 g/mol. The van der Waals surface area contributed by atoms with Crippen LogP contribution in [0.1, 0.15) is 0 Å². The molecule has 2 heterocycles. The fraction of sp³-hybridized carbons (Fsp3) is 0. The van der Waals surface area contributed by atoms with E-state index in [0.29, 0.717) is 0 Å². The number of hydrogen-bond acceptors (Lipinski definition) is 1. The van der Waals surface area contributed by atoms with Crippen molar-refractivity contribution < 1.29 is 0 Å². The molecule has 11 aromatic rings. The Morgan fingerprint density at radius 2 is 0.706 bits per heavy atom. The fourth-order valence-corrected chi connectivity index (χ4v) is 8.43. The maximum absolute atomic E-state index is 3.78. The third-order valence-electron chi connectivity index (χ3n) is 10.6. The quantitative estimate of drug-likeness (QED) is 0.188. The lowest BCUT2D eigenvalue weighted by molar-refractivity contribution is 1.18. The second-order valence-electron chi connectivity index (χ2n) is 13.5. The average Bonchev–Trinajstić information content (AvgIpc) is 3.70. The predicted molar refractivity (Wildman–Crippen MR) is 217 cm³/mol. The van der Waals surface area contributed by atoms with Crippen molar-refractivity contribution in [1.82, 2.24) is 9.13 Å². The van der Waals surface area contributed by atoms with Crippen LogP contribution < -0.4 is 5.32 Å². The lowest BCUT2D eigenvalue weighted by Crippen LogP contribution is -1.96. The second kappa shape index (κ2) is 10.8. The Morgan fingerprint density at radius 1 is 0.255 bits per heavy atom. The Bertz CT molecular complexity index is 3130. The molecular formula is C48H31N3. The topological polar surface area (TPSA) is 21.9 Å². The van der Waals surface area contributed by atoms with Crippen LogP contribution in [0, 0.1) is 0 Å². The van der Waals surface area contributed by atoms with Gasteiger partial charge in [-0.3, -0.25) is 0 Å². The molecular weight excluding hydrogens is 619 g/mol. The number of nitrogens with one attached hydrogen (secondary N) is 1. The van der Waals surface area contributed by atoms with E-state index in [9.17, 15) is 0 Å². The van der Waals surface area contributed by atoms with Crippen LogP contribution in [-0.4, -0.2) is 9.13 Å². The van der Waals surface area contributed by atoms with Crippen molar-refractivity contribution in [2.45, 2.75) is 0 Å². The molecule has 9 aromatic carbocycles. The van der Waals surface area contributed by atoms with Crippen molar-refractivity contribution in [2.75, 3.05) is 5.32 Å². The molecule has 3 heteroatoms. The van der Waals surface area contributed by atoms with Crippen LogP contribution in [0.5, 0.6) is 0 Å². The van der Waals surface area contributed by atoms with Gasteiger partial charge in [0.2, 0.25) is 0 Å². The summed E-state index contributed by atoms with van der Waals surface area (Å²) >= 11 is 0. The van der Waals surface area contributed by atoms with Crippen LogP contribution in [-0.2, 0) is 0 Å². The standard InChI is InChI=1S/C48H31N3/c1-2-12-33(13-3-1)50-46-21-11-9-19-41(46)44-28-31(23-27-47(44)50)49-32-22-25-42-40-18-8-10-20-45(40)51(48(42)29-32)34-24-26-39-37-16-5-4-14-35(37)36-15-6-7-17-38(36)43(39)30-34/h1-30,49H. The number of nitrogens with zero attached hydrogens (tertiary/aromatic N) is 2. The summed E-state index contributed by atoms with van der Waals surface area (Å²) in [6.45, 7) is 0. The number of anilines is 2. The first-order valence-corrected chi connectivity index (χ1v) is 17.5. The van der Waals surface area contributed by atoms with Gasteiger partial charge in [-0.1, -0.05) is 115 Å².